The van der Waals surface area contributed by atoms with E-state index in [0.717, 1.165) is 4.47 Å². The zero-order chi connectivity index (χ0) is 12.6. The third kappa shape index (κ3) is 2.00. The lowest BCUT2D eigenvalue weighted by atomic mass is 10.2. The van der Waals surface area contributed by atoms with Crippen LogP contribution in [0.2, 0.25) is 0 Å². The van der Waals surface area contributed by atoms with Crippen molar-refractivity contribution in [1.29, 1.82) is 0 Å². The SMILES string of the molecule is CCOC(=O)c1cc(Br)cc2c1[nH]c(=O)n2C. The number of H-pyrrole nitrogens is 1. The zero-order valence-electron chi connectivity index (χ0n) is 9.41. The highest BCUT2D eigenvalue weighted by Crippen LogP contribution is 2.22. The standard InChI is InChI=1S/C11H11BrN2O3/c1-3-17-10(15)7-4-6(12)5-8-9(7)13-11(16)14(8)2/h4-5H,3H2,1-2H3,(H,13,16). The van der Waals surface area contributed by atoms with E-state index >= 15 is 0 Å². The van der Waals surface area contributed by atoms with E-state index in [0.29, 0.717) is 23.2 Å². The van der Waals surface area contributed by atoms with Gasteiger partial charge in [-0.1, -0.05) is 15.9 Å². The number of rotatable bonds is 2. The molecule has 0 aliphatic heterocycles. The molecule has 0 amide bonds. The number of aromatic nitrogens is 2. The molecule has 0 fully saturated rings. The van der Waals surface area contributed by atoms with Crippen LogP contribution in [0.3, 0.4) is 0 Å². The van der Waals surface area contributed by atoms with Crippen molar-refractivity contribution < 1.29 is 9.53 Å². The summed E-state index contributed by atoms with van der Waals surface area (Å²) >= 11 is 3.31. The molecule has 6 heteroatoms. The first kappa shape index (κ1) is 11.9. The van der Waals surface area contributed by atoms with Crippen molar-refractivity contribution in [2.75, 3.05) is 6.61 Å². The predicted octanol–water partition coefficient (Wildman–Crippen LogP) is 1.81. The number of hydrogen-bond donors (Lipinski definition) is 1. The molecule has 5 nitrogen and oxygen atoms in total. The second-order valence-corrected chi connectivity index (χ2v) is 4.47. The van der Waals surface area contributed by atoms with Crippen molar-refractivity contribution >= 4 is 32.9 Å². The summed E-state index contributed by atoms with van der Waals surface area (Å²) < 4.78 is 7.12. The molecular weight excluding hydrogens is 288 g/mol. The van der Waals surface area contributed by atoms with Crippen molar-refractivity contribution in [3.63, 3.8) is 0 Å². The average molecular weight is 299 g/mol. The molecule has 0 aliphatic rings. The number of hydrogen-bond acceptors (Lipinski definition) is 3. The van der Waals surface area contributed by atoms with Crippen LogP contribution < -0.4 is 5.69 Å². The lowest BCUT2D eigenvalue weighted by Crippen LogP contribution is -2.11. The van der Waals surface area contributed by atoms with E-state index in [1.165, 1.54) is 4.57 Å². The molecule has 1 heterocycles. The largest absolute Gasteiger partial charge is 0.462 e. The third-order valence-corrected chi connectivity index (χ3v) is 2.93. The lowest BCUT2D eigenvalue weighted by molar-refractivity contribution is 0.0528. The highest BCUT2D eigenvalue weighted by Gasteiger charge is 2.16. The fourth-order valence-corrected chi connectivity index (χ4v) is 2.10. The molecule has 90 valence electrons. The first-order chi connectivity index (χ1) is 8.04. The van der Waals surface area contributed by atoms with E-state index in [1.807, 2.05) is 0 Å². The highest BCUT2D eigenvalue weighted by atomic mass is 79.9. The Morgan fingerprint density at radius 1 is 1.53 bits per heavy atom. The van der Waals surface area contributed by atoms with Gasteiger partial charge in [-0.2, -0.15) is 0 Å². The number of halogens is 1. The second-order valence-electron chi connectivity index (χ2n) is 3.56. The van der Waals surface area contributed by atoms with Crippen LogP contribution in [-0.4, -0.2) is 22.1 Å². The summed E-state index contributed by atoms with van der Waals surface area (Å²) in [5.41, 5.74) is 1.25. The summed E-state index contributed by atoms with van der Waals surface area (Å²) in [4.78, 5) is 25.9. The fraction of sp³-hybridized carbons (Fsp3) is 0.273. The molecule has 0 spiro atoms. The molecule has 2 rings (SSSR count). The van der Waals surface area contributed by atoms with Crippen LogP contribution in [0.25, 0.3) is 11.0 Å². The third-order valence-electron chi connectivity index (χ3n) is 2.48. The van der Waals surface area contributed by atoms with Gasteiger partial charge in [0.1, 0.15) is 0 Å². The molecule has 1 aromatic carbocycles. The van der Waals surface area contributed by atoms with Crippen LogP contribution in [0.1, 0.15) is 17.3 Å². The van der Waals surface area contributed by atoms with Crippen LogP contribution >= 0.6 is 15.9 Å². The maximum absolute atomic E-state index is 11.8. The van der Waals surface area contributed by atoms with Crippen molar-refractivity contribution in [2.45, 2.75) is 6.92 Å². The number of benzene rings is 1. The van der Waals surface area contributed by atoms with Crippen LogP contribution in [0, 0.1) is 0 Å². The molecule has 0 bridgehead atoms. The number of ether oxygens (including phenoxy) is 1. The van der Waals surface area contributed by atoms with Crippen LogP contribution in [0.5, 0.6) is 0 Å². The van der Waals surface area contributed by atoms with Gasteiger partial charge in [0.2, 0.25) is 0 Å². The first-order valence-corrected chi connectivity index (χ1v) is 5.89. The number of carbonyl (C=O) groups excluding carboxylic acids is 1. The summed E-state index contributed by atoms with van der Waals surface area (Å²) in [6.07, 6.45) is 0. The van der Waals surface area contributed by atoms with Crippen molar-refractivity contribution in [2.24, 2.45) is 7.05 Å². The Labute approximate surface area is 106 Å². The smallest absolute Gasteiger partial charge is 0.340 e. The van der Waals surface area contributed by atoms with E-state index in [1.54, 1.807) is 26.1 Å². The fourth-order valence-electron chi connectivity index (χ4n) is 1.66. The summed E-state index contributed by atoms with van der Waals surface area (Å²) in [6, 6.07) is 3.41. The Morgan fingerprint density at radius 2 is 2.24 bits per heavy atom. The number of imidazole rings is 1. The van der Waals surface area contributed by atoms with Gasteiger partial charge in [0.05, 0.1) is 23.2 Å². The zero-order valence-corrected chi connectivity index (χ0v) is 11.0. The molecule has 0 aliphatic carbocycles. The van der Waals surface area contributed by atoms with Gasteiger partial charge < -0.3 is 9.72 Å². The minimum absolute atomic E-state index is 0.261. The topological polar surface area (TPSA) is 64.1 Å². The number of esters is 1. The second kappa shape index (κ2) is 4.37. The maximum atomic E-state index is 11.8. The minimum atomic E-state index is -0.444. The number of fused-ring (bicyclic) bond motifs is 1. The van der Waals surface area contributed by atoms with Gasteiger partial charge in [-0.3, -0.25) is 4.57 Å². The molecule has 1 N–H and O–H groups in total. The Hall–Kier alpha value is -1.56. The van der Waals surface area contributed by atoms with Crippen molar-refractivity contribution in [3.8, 4) is 0 Å². The quantitative estimate of drug-likeness (QED) is 0.860. The number of nitrogens with zero attached hydrogens (tertiary/aromatic N) is 1. The summed E-state index contributed by atoms with van der Waals surface area (Å²) in [6.45, 7) is 2.03. The minimum Gasteiger partial charge on any atom is -0.462 e. The maximum Gasteiger partial charge on any atom is 0.340 e. The van der Waals surface area contributed by atoms with Gasteiger partial charge in [-0.25, -0.2) is 9.59 Å². The van der Waals surface area contributed by atoms with Gasteiger partial charge in [0.15, 0.2) is 0 Å². The van der Waals surface area contributed by atoms with E-state index in [-0.39, 0.29) is 5.69 Å². The average Bonchev–Trinajstić information content (AvgIpc) is 2.55. The molecular formula is C11H11BrN2O3. The molecule has 0 unspecified atom stereocenters. The number of nitrogens with one attached hydrogen (secondary N) is 1. The van der Waals surface area contributed by atoms with Crippen molar-refractivity contribution in [1.82, 2.24) is 9.55 Å². The molecule has 1 aromatic heterocycles. The van der Waals surface area contributed by atoms with E-state index in [4.69, 9.17) is 4.74 Å². The van der Waals surface area contributed by atoms with Crippen LogP contribution in [0.15, 0.2) is 21.4 Å². The monoisotopic (exact) mass is 298 g/mol. The van der Waals surface area contributed by atoms with Gasteiger partial charge in [-0.05, 0) is 19.1 Å². The summed E-state index contributed by atoms with van der Waals surface area (Å²) in [5.74, 6) is -0.444. The molecule has 0 atom stereocenters. The van der Waals surface area contributed by atoms with Crippen LogP contribution in [-0.2, 0) is 11.8 Å². The summed E-state index contributed by atoms with van der Waals surface area (Å²) in [5, 5.41) is 0. The van der Waals surface area contributed by atoms with Gasteiger partial charge in [0.25, 0.3) is 0 Å². The lowest BCUT2D eigenvalue weighted by Gasteiger charge is -2.04. The molecule has 0 saturated heterocycles. The Kier molecular flexibility index (Phi) is 3.06. The number of aromatic amines is 1. The van der Waals surface area contributed by atoms with Gasteiger partial charge in [0, 0.05) is 11.5 Å². The molecule has 0 saturated carbocycles. The number of aryl methyl sites for hydroxylation is 1. The first-order valence-electron chi connectivity index (χ1n) is 5.10. The Morgan fingerprint density at radius 3 is 2.88 bits per heavy atom. The Balaban J connectivity index is 2.74. The predicted molar refractivity (Wildman–Crippen MR) is 67.2 cm³/mol. The van der Waals surface area contributed by atoms with E-state index in [9.17, 15) is 9.59 Å². The van der Waals surface area contributed by atoms with E-state index in [2.05, 4.69) is 20.9 Å². The van der Waals surface area contributed by atoms with Gasteiger partial charge >= 0.3 is 11.7 Å². The van der Waals surface area contributed by atoms with Crippen LogP contribution in [0.4, 0.5) is 0 Å². The Bertz CT molecular complexity index is 642. The van der Waals surface area contributed by atoms with Crippen molar-refractivity contribution in [3.05, 3.63) is 32.7 Å². The molecule has 2 aromatic rings. The van der Waals surface area contributed by atoms with E-state index < -0.39 is 5.97 Å². The van der Waals surface area contributed by atoms with Gasteiger partial charge in [-0.15, -0.1) is 0 Å². The summed E-state index contributed by atoms with van der Waals surface area (Å²) in [7, 11) is 1.64. The normalized spacial score (nSPS) is 10.8. The molecule has 17 heavy (non-hydrogen) atoms. The molecule has 0 radical (unpaired) electrons. The highest BCUT2D eigenvalue weighted by molar-refractivity contribution is 9.10. The number of carbonyl (C=O) groups is 1.